The zero-order valence-corrected chi connectivity index (χ0v) is 11.3. The minimum absolute atomic E-state index is 0.456. The highest BCUT2D eigenvalue weighted by Gasteiger charge is 2.10. The van der Waals surface area contributed by atoms with Gasteiger partial charge in [-0.25, -0.2) is 9.97 Å². The van der Waals surface area contributed by atoms with Gasteiger partial charge in [0.2, 0.25) is 0 Å². The Morgan fingerprint density at radius 3 is 2.39 bits per heavy atom. The van der Waals surface area contributed by atoms with Crippen molar-refractivity contribution in [3.05, 3.63) is 35.5 Å². The molecule has 2 aromatic rings. The van der Waals surface area contributed by atoms with E-state index in [1.165, 1.54) is 5.56 Å². The Morgan fingerprint density at radius 2 is 1.89 bits per heavy atom. The van der Waals surface area contributed by atoms with E-state index in [0.717, 1.165) is 29.3 Å². The summed E-state index contributed by atoms with van der Waals surface area (Å²) in [6.45, 7) is 9.11. The highest BCUT2D eigenvalue weighted by atomic mass is 16.3. The van der Waals surface area contributed by atoms with Crippen LogP contribution in [0.1, 0.15) is 30.8 Å². The van der Waals surface area contributed by atoms with Crippen molar-refractivity contribution in [3.8, 4) is 11.4 Å². The Morgan fingerprint density at radius 1 is 1.22 bits per heavy atom. The second-order valence-electron chi connectivity index (χ2n) is 4.74. The molecule has 2 aromatic heterocycles. The number of rotatable bonds is 4. The van der Waals surface area contributed by atoms with Crippen LogP contribution in [-0.2, 0) is 6.54 Å². The lowest BCUT2D eigenvalue weighted by Crippen LogP contribution is -2.23. The fourth-order valence-corrected chi connectivity index (χ4v) is 1.82. The number of hydrogen-bond donors (Lipinski definition) is 1. The maximum atomic E-state index is 5.07. The first-order valence-electron chi connectivity index (χ1n) is 6.18. The Hall–Kier alpha value is -1.68. The third-order valence-corrected chi connectivity index (χ3v) is 2.89. The van der Waals surface area contributed by atoms with Gasteiger partial charge in [0.05, 0.1) is 11.8 Å². The smallest absolute Gasteiger partial charge is 0.162 e. The summed E-state index contributed by atoms with van der Waals surface area (Å²) in [7, 11) is 0. The molecule has 2 rings (SSSR count). The molecule has 4 heteroatoms. The van der Waals surface area contributed by atoms with E-state index in [9.17, 15) is 0 Å². The van der Waals surface area contributed by atoms with E-state index in [1.54, 1.807) is 12.5 Å². The normalized spacial score (nSPS) is 11.2. The van der Waals surface area contributed by atoms with Gasteiger partial charge in [-0.15, -0.1) is 0 Å². The first-order valence-corrected chi connectivity index (χ1v) is 6.18. The highest BCUT2D eigenvalue weighted by Crippen LogP contribution is 2.19. The first-order chi connectivity index (χ1) is 8.58. The summed E-state index contributed by atoms with van der Waals surface area (Å²) in [4.78, 5) is 9.09. The molecule has 0 spiro atoms. The van der Waals surface area contributed by atoms with Crippen LogP contribution in [0.3, 0.4) is 0 Å². The zero-order chi connectivity index (χ0) is 13.1. The van der Waals surface area contributed by atoms with E-state index in [2.05, 4.69) is 29.1 Å². The Balaban J connectivity index is 2.29. The topological polar surface area (TPSA) is 51.0 Å². The molecule has 0 aliphatic carbocycles. The molecule has 2 heterocycles. The average Bonchev–Trinajstić information content (AvgIpc) is 2.80. The molecular formula is C14H19N3O. The standard InChI is InChI=1S/C14H19N3O/c1-9(2)15-7-13-10(3)16-14(17-11(13)4)12-5-6-18-8-12/h5-6,8-9,15H,7H2,1-4H3. The van der Waals surface area contributed by atoms with Crippen molar-refractivity contribution in [3.63, 3.8) is 0 Å². The van der Waals surface area contributed by atoms with Crippen molar-refractivity contribution in [1.29, 1.82) is 0 Å². The molecule has 0 aliphatic rings. The van der Waals surface area contributed by atoms with Gasteiger partial charge in [-0.05, 0) is 19.9 Å². The molecule has 0 unspecified atom stereocenters. The number of aryl methyl sites for hydroxylation is 2. The summed E-state index contributed by atoms with van der Waals surface area (Å²) in [5.41, 5.74) is 4.14. The summed E-state index contributed by atoms with van der Waals surface area (Å²) in [6.07, 6.45) is 3.30. The van der Waals surface area contributed by atoms with E-state index >= 15 is 0 Å². The van der Waals surface area contributed by atoms with Gasteiger partial charge in [0.25, 0.3) is 0 Å². The van der Waals surface area contributed by atoms with Crippen LogP contribution in [-0.4, -0.2) is 16.0 Å². The zero-order valence-electron chi connectivity index (χ0n) is 11.3. The van der Waals surface area contributed by atoms with Crippen molar-refractivity contribution in [2.75, 3.05) is 0 Å². The predicted molar refractivity (Wildman–Crippen MR) is 71.2 cm³/mol. The third kappa shape index (κ3) is 2.76. The van der Waals surface area contributed by atoms with E-state index in [4.69, 9.17) is 4.42 Å². The maximum Gasteiger partial charge on any atom is 0.162 e. The Labute approximate surface area is 107 Å². The maximum absolute atomic E-state index is 5.07. The van der Waals surface area contributed by atoms with Crippen LogP contribution in [0.5, 0.6) is 0 Å². The van der Waals surface area contributed by atoms with Gasteiger partial charge < -0.3 is 9.73 Å². The summed E-state index contributed by atoms with van der Waals surface area (Å²) in [5, 5.41) is 3.40. The van der Waals surface area contributed by atoms with Crippen LogP contribution in [0.25, 0.3) is 11.4 Å². The van der Waals surface area contributed by atoms with Crippen LogP contribution in [0.2, 0.25) is 0 Å². The Kier molecular flexibility index (Phi) is 3.77. The fraction of sp³-hybridized carbons (Fsp3) is 0.429. The molecule has 4 nitrogen and oxygen atoms in total. The van der Waals surface area contributed by atoms with Gasteiger partial charge in [-0.1, -0.05) is 13.8 Å². The largest absolute Gasteiger partial charge is 0.472 e. The van der Waals surface area contributed by atoms with Gasteiger partial charge in [0.15, 0.2) is 5.82 Å². The summed E-state index contributed by atoms with van der Waals surface area (Å²) >= 11 is 0. The lowest BCUT2D eigenvalue weighted by Gasteiger charge is -2.13. The number of nitrogens with one attached hydrogen (secondary N) is 1. The van der Waals surface area contributed by atoms with Crippen LogP contribution in [0, 0.1) is 13.8 Å². The van der Waals surface area contributed by atoms with Gasteiger partial charge in [-0.3, -0.25) is 0 Å². The minimum Gasteiger partial charge on any atom is -0.472 e. The molecule has 96 valence electrons. The minimum atomic E-state index is 0.456. The molecule has 0 saturated heterocycles. The number of hydrogen-bond acceptors (Lipinski definition) is 4. The van der Waals surface area contributed by atoms with Crippen LogP contribution in [0.4, 0.5) is 0 Å². The molecule has 0 atom stereocenters. The highest BCUT2D eigenvalue weighted by molar-refractivity contribution is 5.53. The molecule has 0 radical (unpaired) electrons. The summed E-state index contributed by atoms with van der Waals surface area (Å²) < 4.78 is 5.07. The van der Waals surface area contributed by atoms with Crippen molar-refractivity contribution < 1.29 is 4.42 Å². The fourth-order valence-electron chi connectivity index (χ4n) is 1.82. The quantitative estimate of drug-likeness (QED) is 0.900. The monoisotopic (exact) mass is 245 g/mol. The molecule has 0 bridgehead atoms. The summed E-state index contributed by atoms with van der Waals surface area (Å²) in [6, 6.07) is 2.33. The first kappa shape index (κ1) is 12.8. The van der Waals surface area contributed by atoms with Crippen LogP contribution < -0.4 is 5.32 Å². The van der Waals surface area contributed by atoms with Crippen molar-refractivity contribution >= 4 is 0 Å². The van der Waals surface area contributed by atoms with Crippen molar-refractivity contribution in [2.45, 2.75) is 40.3 Å². The third-order valence-electron chi connectivity index (χ3n) is 2.89. The van der Waals surface area contributed by atoms with Crippen molar-refractivity contribution in [1.82, 2.24) is 15.3 Å². The van der Waals surface area contributed by atoms with E-state index < -0.39 is 0 Å². The lowest BCUT2D eigenvalue weighted by atomic mass is 10.1. The molecule has 0 aliphatic heterocycles. The van der Waals surface area contributed by atoms with Gasteiger partial charge in [0.1, 0.15) is 6.26 Å². The molecule has 1 N–H and O–H groups in total. The number of furan rings is 1. The number of nitrogens with zero attached hydrogens (tertiary/aromatic N) is 2. The number of aromatic nitrogens is 2. The molecule has 18 heavy (non-hydrogen) atoms. The molecule has 0 saturated carbocycles. The predicted octanol–water partition coefficient (Wildman–Crippen LogP) is 2.85. The van der Waals surface area contributed by atoms with Gasteiger partial charge in [-0.2, -0.15) is 0 Å². The van der Waals surface area contributed by atoms with E-state index in [0.29, 0.717) is 6.04 Å². The molecule has 0 aromatic carbocycles. The summed E-state index contributed by atoms with van der Waals surface area (Å²) in [5.74, 6) is 0.729. The van der Waals surface area contributed by atoms with Crippen molar-refractivity contribution in [2.24, 2.45) is 0 Å². The van der Waals surface area contributed by atoms with Gasteiger partial charge >= 0.3 is 0 Å². The van der Waals surface area contributed by atoms with Crippen LogP contribution in [0.15, 0.2) is 23.0 Å². The molecular weight excluding hydrogens is 226 g/mol. The van der Waals surface area contributed by atoms with Crippen LogP contribution >= 0.6 is 0 Å². The van der Waals surface area contributed by atoms with Gasteiger partial charge in [0, 0.05) is 29.5 Å². The Bertz CT molecular complexity index is 495. The average molecular weight is 245 g/mol. The SMILES string of the molecule is Cc1nc(-c2ccoc2)nc(C)c1CNC(C)C. The van der Waals surface area contributed by atoms with E-state index in [-0.39, 0.29) is 0 Å². The molecule has 0 fully saturated rings. The molecule has 0 amide bonds. The lowest BCUT2D eigenvalue weighted by molar-refractivity contribution is 0.567. The second-order valence-corrected chi connectivity index (χ2v) is 4.74. The van der Waals surface area contributed by atoms with E-state index in [1.807, 2.05) is 19.9 Å². The second kappa shape index (κ2) is 5.31.